The smallest absolute Gasteiger partial charge is 0.235 e. The van der Waals surface area contributed by atoms with E-state index in [0.29, 0.717) is 5.89 Å². The molecule has 1 heterocycles. The summed E-state index contributed by atoms with van der Waals surface area (Å²) in [5.74, 6) is 0.114. The first-order valence-corrected chi connectivity index (χ1v) is 7.76. The molecular formula is C19H19N3O2. The second-order valence-electron chi connectivity index (χ2n) is 5.91. The first kappa shape index (κ1) is 15.9. The second-order valence-corrected chi connectivity index (χ2v) is 5.91. The van der Waals surface area contributed by atoms with Crippen molar-refractivity contribution in [1.82, 2.24) is 10.1 Å². The molecule has 0 bridgehead atoms. The van der Waals surface area contributed by atoms with Gasteiger partial charge in [-0.1, -0.05) is 35.0 Å². The molecular weight excluding hydrogens is 302 g/mol. The van der Waals surface area contributed by atoms with Gasteiger partial charge in [0.05, 0.1) is 0 Å². The Morgan fingerprint density at radius 1 is 1.12 bits per heavy atom. The molecule has 1 amide bonds. The molecule has 0 unspecified atom stereocenters. The maximum Gasteiger partial charge on any atom is 0.235 e. The van der Waals surface area contributed by atoms with Crippen molar-refractivity contribution in [3.05, 3.63) is 65.3 Å². The SMILES string of the molecule is Cc1cc(C)c(-c2cccc(NC(=O)Cc3ncno3)c2)c(C)c1. The third kappa shape index (κ3) is 3.51. The summed E-state index contributed by atoms with van der Waals surface area (Å²) in [7, 11) is 0. The van der Waals surface area contributed by atoms with Crippen LogP contribution in [0, 0.1) is 20.8 Å². The number of rotatable bonds is 4. The Labute approximate surface area is 140 Å². The van der Waals surface area contributed by atoms with Crippen molar-refractivity contribution in [3.8, 4) is 11.1 Å². The van der Waals surface area contributed by atoms with Crippen LogP contribution in [0.2, 0.25) is 0 Å². The Morgan fingerprint density at radius 2 is 1.88 bits per heavy atom. The summed E-state index contributed by atoms with van der Waals surface area (Å²) in [6.07, 6.45) is 1.35. The van der Waals surface area contributed by atoms with Crippen LogP contribution in [0.15, 0.2) is 47.2 Å². The summed E-state index contributed by atoms with van der Waals surface area (Å²) in [5, 5.41) is 6.37. The molecule has 122 valence electrons. The highest BCUT2D eigenvalue weighted by molar-refractivity contribution is 5.92. The van der Waals surface area contributed by atoms with Gasteiger partial charge in [0.25, 0.3) is 0 Å². The van der Waals surface area contributed by atoms with Crippen LogP contribution >= 0.6 is 0 Å². The zero-order chi connectivity index (χ0) is 17.1. The van der Waals surface area contributed by atoms with Crippen molar-refractivity contribution in [2.45, 2.75) is 27.2 Å². The van der Waals surface area contributed by atoms with Crippen molar-refractivity contribution in [3.63, 3.8) is 0 Å². The van der Waals surface area contributed by atoms with Gasteiger partial charge in [0.15, 0.2) is 6.33 Å². The Morgan fingerprint density at radius 3 is 2.54 bits per heavy atom. The molecule has 0 aliphatic carbocycles. The fourth-order valence-corrected chi connectivity index (χ4v) is 3.00. The summed E-state index contributed by atoms with van der Waals surface area (Å²) < 4.78 is 4.86. The summed E-state index contributed by atoms with van der Waals surface area (Å²) in [4.78, 5) is 15.9. The topological polar surface area (TPSA) is 68.0 Å². The summed E-state index contributed by atoms with van der Waals surface area (Å²) in [6.45, 7) is 6.31. The number of amides is 1. The lowest BCUT2D eigenvalue weighted by Gasteiger charge is -2.13. The van der Waals surface area contributed by atoms with Gasteiger partial charge in [0, 0.05) is 5.69 Å². The lowest BCUT2D eigenvalue weighted by molar-refractivity contribution is -0.115. The first-order valence-electron chi connectivity index (χ1n) is 7.76. The standard InChI is InChI=1S/C19H19N3O2/c1-12-7-13(2)19(14(3)8-12)15-5-4-6-16(9-15)22-17(23)10-18-20-11-21-24-18/h4-9,11H,10H2,1-3H3,(H,22,23). The van der Waals surface area contributed by atoms with E-state index in [0.717, 1.165) is 11.3 Å². The third-order valence-corrected chi connectivity index (χ3v) is 3.83. The molecule has 0 atom stereocenters. The second kappa shape index (κ2) is 6.66. The highest BCUT2D eigenvalue weighted by Gasteiger charge is 2.11. The van der Waals surface area contributed by atoms with Crippen molar-refractivity contribution in [2.24, 2.45) is 0 Å². The number of aryl methyl sites for hydroxylation is 3. The molecule has 3 aromatic rings. The lowest BCUT2D eigenvalue weighted by atomic mass is 9.93. The summed E-state index contributed by atoms with van der Waals surface area (Å²) in [6, 6.07) is 12.2. The van der Waals surface area contributed by atoms with Gasteiger partial charge in [-0.2, -0.15) is 4.98 Å². The van der Waals surface area contributed by atoms with Crippen LogP contribution < -0.4 is 5.32 Å². The normalized spacial score (nSPS) is 10.6. The third-order valence-electron chi connectivity index (χ3n) is 3.83. The molecule has 0 aliphatic heterocycles. The highest BCUT2D eigenvalue weighted by atomic mass is 16.5. The largest absolute Gasteiger partial charge is 0.339 e. The van der Waals surface area contributed by atoms with Gasteiger partial charge >= 0.3 is 0 Å². The van der Waals surface area contributed by atoms with Gasteiger partial charge < -0.3 is 9.84 Å². The zero-order valence-electron chi connectivity index (χ0n) is 14.0. The number of nitrogens with one attached hydrogen (secondary N) is 1. The van der Waals surface area contributed by atoms with Crippen LogP contribution in [0.4, 0.5) is 5.69 Å². The molecule has 0 saturated heterocycles. The molecule has 0 spiro atoms. The number of carbonyl (C=O) groups excluding carboxylic acids is 1. The number of nitrogens with zero attached hydrogens (tertiary/aromatic N) is 2. The van der Waals surface area contributed by atoms with Crippen LogP contribution in [0.3, 0.4) is 0 Å². The van der Waals surface area contributed by atoms with Gasteiger partial charge in [-0.15, -0.1) is 0 Å². The average molecular weight is 321 g/mol. The monoisotopic (exact) mass is 321 g/mol. The minimum Gasteiger partial charge on any atom is -0.339 e. The van der Waals surface area contributed by atoms with Crippen LogP contribution in [-0.4, -0.2) is 16.0 Å². The van der Waals surface area contributed by atoms with E-state index in [1.165, 1.54) is 28.6 Å². The fourth-order valence-electron chi connectivity index (χ4n) is 3.00. The van der Waals surface area contributed by atoms with Crippen LogP contribution in [0.5, 0.6) is 0 Å². The van der Waals surface area contributed by atoms with Crippen LogP contribution in [0.25, 0.3) is 11.1 Å². The van der Waals surface area contributed by atoms with E-state index in [1.807, 2.05) is 18.2 Å². The lowest BCUT2D eigenvalue weighted by Crippen LogP contribution is -2.14. The maximum absolute atomic E-state index is 12.1. The zero-order valence-corrected chi connectivity index (χ0v) is 14.0. The van der Waals surface area contributed by atoms with Gasteiger partial charge in [-0.25, -0.2) is 0 Å². The van der Waals surface area contributed by atoms with E-state index in [1.54, 1.807) is 0 Å². The minimum atomic E-state index is -0.186. The Balaban J connectivity index is 1.83. The number of aromatic nitrogens is 2. The molecule has 5 nitrogen and oxygen atoms in total. The predicted molar refractivity (Wildman–Crippen MR) is 92.7 cm³/mol. The number of benzene rings is 2. The van der Waals surface area contributed by atoms with E-state index < -0.39 is 0 Å². The molecule has 0 fully saturated rings. The van der Waals surface area contributed by atoms with Crippen LogP contribution in [0.1, 0.15) is 22.6 Å². The summed E-state index contributed by atoms with van der Waals surface area (Å²) >= 11 is 0. The maximum atomic E-state index is 12.1. The van der Waals surface area contributed by atoms with Crippen LogP contribution in [-0.2, 0) is 11.2 Å². The molecule has 1 N–H and O–H groups in total. The molecule has 0 aliphatic rings. The molecule has 0 saturated carbocycles. The number of anilines is 1. The number of hydrogen-bond acceptors (Lipinski definition) is 4. The van der Waals surface area contributed by atoms with Gasteiger partial charge in [-0.3, -0.25) is 4.79 Å². The minimum absolute atomic E-state index is 0.0623. The molecule has 5 heteroatoms. The predicted octanol–water partition coefficient (Wildman–Crippen LogP) is 3.84. The van der Waals surface area contributed by atoms with Gasteiger partial charge in [-0.05, 0) is 55.2 Å². The average Bonchev–Trinajstić information content (AvgIpc) is 2.99. The van der Waals surface area contributed by atoms with E-state index in [4.69, 9.17) is 4.52 Å². The Hall–Kier alpha value is -2.95. The quantitative estimate of drug-likeness (QED) is 0.792. The molecule has 0 radical (unpaired) electrons. The molecule has 2 aromatic carbocycles. The Bertz CT molecular complexity index is 847. The summed E-state index contributed by atoms with van der Waals surface area (Å²) in [5.41, 5.74) is 6.73. The van der Waals surface area contributed by atoms with Crippen molar-refractivity contribution in [2.75, 3.05) is 5.32 Å². The fraction of sp³-hybridized carbons (Fsp3) is 0.211. The van der Waals surface area contributed by atoms with Gasteiger partial charge in [0.1, 0.15) is 6.42 Å². The molecule has 1 aromatic heterocycles. The van der Waals surface area contributed by atoms with E-state index in [2.05, 4.69) is 54.4 Å². The van der Waals surface area contributed by atoms with E-state index in [9.17, 15) is 4.79 Å². The molecule has 24 heavy (non-hydrogen) atoms. The van der Waals surface area contributed by atoms with E-state index >= 15 is 0 Å². The number of hydrogen-bond donors (Lipinski definition) is 1. The van der Waals surface area contributed by atoms with Crippen molar-refractivity contribution in [1.29, 1.82) is 0 Å². The number of carbonyl (C=O) groups is 1. The van der Waals surface area contributed by atoms with Gasteiger partial charge in [0.2, 0.25) is 11.8 Å². The van der Waals surface area contributed by atoms with Crippen molar-refractivity contribution < 1.29 is 9.32 Å². The van der Waals surface area contributed by atoms with Crippen molar-refractivity contribution >= 4 is 11.6 Å². The Kier molecular flexibility index (Phi) is 4.42. The highest BCUT2D eigenvalue weighted by Crippen LogP contribution is 2.30. The first-order chi connectivity index (χ1) is 11.5. The molecule has 3 rings (SSSR count). The van der Waals surface area contributed by atoms with E-state index in [-0.39, 0.29) is 12.3 Å².